The molecule has 25 heavy (non-hydrogen) atoms. The van der Waals surface area contributed by atoms with Crippen molar-refractivity contribution in [2.45, 2.75) is 42.5 Å². The van der Waals surface area contributed by atoms with E-state index in [0.717, 1.165) is 18.1 Å². The second-order valence-corrected chi connectivity index (χ2v) is 5.70. The summed E-state index contributed by atoms with van der Waals surface area (Å²) in [6.45, 7) is -0.696. The smallest absolute Gasteiger partial charge is 0.258 e. The molecular weight excluding hydrogens is 340 g/mol. The SMILES string of the molecule is COC1=CC(=O)N(C)C(O)C1(C#N)O[C@@H]1O[C@H](CO)[C@H](O)[C@H](O)[C@H]1O. The standard InChI is InChI=1S/C14H20N2O9/c1-16-8(18)3-7(23-2)14(5-15,13(16)22)25-12-11(21)10(20)9(19)6(4-17)24-12/h3,6,9-13,17,19-22H,4H2,1-2H3/t6-,9+,10+,11-,12+,13?,14?/m1/s1. The third kappa shape index (κ3) is 3.09. The number of hydrogen-bond acceptors (Lipinski definition) is 10. The van der Waals surface area contributed by atoms with Crippen molar-refractivity contribution in [3.05, 3.63) is 11.8 Å². The van der Waals surface area contributed by atoms with Gasteiger partial charge in [-0.05, 0) is 0 Å². The van der Waals surface area contributed by atoms with Crippen LogP contribution in [-0.2, 0) is 19.0 Å². The van der Waals surface area contributed by atoms with Crippen molar-refractivity contribution in [3.63, 3.8) is 0 Å². The molecule has 0 aromatic rings. The lowest BCUT2D eigenvalue weighted by Gasteiger charge is -2.45. The molecule has 7 atom stereocenters. The summed E-state index contributed by atoms with van der Waals surface area (Å²) >= 11 is 0. The molecule has 1 saturated heterocycles. The second kappa shape index (κ2) is 7.22. The molecule has 11 nitrogen and oxygen atoms in total. The Kier molecular flexibility index (Phi) is 5.65. The Morgan fingerprint density at radius 1 is 1.32 bits per heavy atom. The van der Waals surface area contributed by atoms with Crippen molar-refractivity contribution in [2.24, 2.45) is 0 Å². The Balaban J connectivity index is 2.38. The van der Waals surface area contributed by atoms with Crippen LogP contribution in [0.25, 0.3) is 0 Å². The number of methoxy groups -OCH3 is 1. The van der Waals surface area contributed by atoms with Gasteiger partial charge in [0, 0.05) is 13.1 Å². The maximum absolute atomic E-state index is 11.8. The van der Waals surface area contributed by atoms with Gasteiger partial charge in [-0.25, -0.2) is 0 Å². The van der Waals surface area contributed by atoms with Gasteiger partial charge < -0.3 is 44.6 Å². The molecule has 0 aliphatic carbocycles. The number of aliphatic hydroxyl groups is 5. The van der Waals surface area contributed by atoms with E-state index in [9.17, 15) is 35.6 Å². The lowest BCUT2D eigenvalue weighted by molar-refractivity contribution is -0.331. The van der Waals surface area contributed by atoms with E-state index in [4.69, 9.17) is 14.2 Å². The first-order chi connectivity index (χ1) is 11.7. The molecule has 0 spiro atoms. The van der Waals surface area contributed by atoms with Crippen molar-refractivity contribution >= 4 is 5.91 Å². The highest BCUT2D eigenvalue weighted by Gasteiger charge is 2.56. The lowest BCUT2D eigenvalue weighted by Crippen LogP contribution is -2.65. The molecule has 2 rings (SSSR count). The normalized spacial score (nSPS) is 41.9. The predicted octanol–water partition coefficient (Wildman–Crippen LogP) is -3.61. The Labute approximate surface area is 142 Å². The predicted molar refractivity (Wildman–Crippen MR) is 77.1 cm³/mol. The fourth-order valence-corrected chi connectivity index (χ4v) is 2.66. The van der Waals surface area contributed by atoms with Gasteiger partial charge in [0.1, 0.15) is 30.5 Å². The second-order valence-electron chi connectivity index (χ2n) is 5.70. The van der Waals surface area contributed by atoms with E-state index in [-0.39, 0.29) is 5.76 Å². The summed E-state index contributed by atoms with van der Waals surface area (Å²) in [6.07, 6.45) is -9.00. The van der Waals surface area contributed by atoms with Gasteiger partial charge in [-0.1, -0.05) is 0 Å². The fourth-order valence-electron chi connectivity index (χ4n) is 2.66. The molecule has 11 heteroatoms. The van der Waals surface area contributed by atoms with Crippen LogP contribution in [0.4, 0.5) is 0 Å². The number of carbonyl (C=O) groups is 1. The number of amides is 1. The summed E-state index contributed by atoms with van der Waals surface area (Å²) in [5.41, 5.74) is -2.26. The van der Waals surface area contributed by atoms with Crippen molar-refractivity contribution < 1.29 is 44.5 Å². The summed E-state index contributed by atoms with van der Waals surface area (Å²) in [5, 5.41) is 58.8. The Morgan fingerprint density at radius 3 is 2.48 bits per heavy atom. The minimum atomic E-state index is -2.26. The zero-order valence-corrected chi connectivity index (χ0v) is 13.5. The van der Waals surface area contributed by atoms with Crippen molar-refractivity contribution in [2.75, 3.05) is 20.8 Å². The van der Waals surface area contributed by atoms with E-state index in [2.05, 4.69) is 0 Å². The molecule has 0 aromatic carbocycles. The third-order valence-corrected chi connectivity index (χ3v) is 4.24. The van der Waals surface area contributed by atoms with Gasteiger partial charge in [0.2, 0.25) is 0 Å². The van der Waals surface area contributed by atoms with E-state index in [1.165, 1.54) is 7.05 Å². The average Bonchev–Trinajstić information content (AvgIpc) is 2.62. The molecule has 2 unspecified atom stereocenters. The molecule has 2 aliphatic rings. The van der Waals surface area contributed by atoms with Crippen LogP contribution in [0, 0.1) is 11.3 Å². The summed E-state index contributed by atoms with van der Waals surface area (Å²) in [7, 11) is 2.37. The van der Waals surface area contributed by atoms with Gasteiger partial charge in [-0.2, -0.15) is 5.26 Å². The Morgan fingerprint density at radius 2 is 1.96 bits per heavy atom. The van der Waals surface area contributed by atoms with Crippen molar-refractivity contribution in [1.82, 2.24) is 4.90 Å². The first-order valence-electron chi connectivity index (χ1n) is 7.34. The fraction of sp³-hybridized carbons (Fsp3) is 0.714. The quantitative estimate of drug-likeness (QED) is 0.337. The molecule has 140 valence electrons. The van der Waals surface area contributed by atoms with Crippen LogP contribution in [0.15, 0.2) is 11.8 Å². The molecule has 1 amide bonds. The summed E-state index contributed by atoms with van der Waals surface area (Å²) < 4.78 is 15.6. The molecule has 0 aromatic heterocycles. The number of nitriles is 1. The van der Waals surface area contributed by atoms with Gasteiger partial charge in [-0.3, -0.25) is 4.79 Å². The van der Waals surface area contributed by atoms with E-state index < -0.39 is 55.0 Å². The first-order valence-corrected chi connectivity index (χ1v) is 7.34. The number of rotatable bonds is 4. The van der Waals surface area contributed by atoms with Crippen LogP contribution in [0.5, 0.6) is 0 Å². The van der Waals surface area contributed by atoms with Crippen LogP contribution < -0.4 is 0 Å². The third-order valence-electron chi connectivity index (χ3n) is 4.24. The minimum Gasteiger partial charge on any atom is -0.496 e. The van der Waals surface area contributed by atoms with Gasteiger partial charge >= 0.3 is 0 Å². The number of carbonyl (C=O) groups excluding carboxylic acids is 1. The molecule has 0 bridgehead atoms. The van der Waals surface area contributed by atoms with E-state index in [1.807, 2.05) is 0 Å². The van der Waals surface area contributed by atoms with Crippen LogP contribution in [-0.4, -0.2) is 99.6 Å². The number of likely N-dealkylation sites (N-methyl/N-ethyl adjacent to an activating group) is 1. The van der Waals surface area contributed by atoms with Gasteiger partial charge in [-0.15, -0.1) is 0 Å². The zero-order valence-electron chi connectivity index (χ0n) is 13.5. The number of aliphatic hydroxyl groups excluding tert-OH is 5. The molecule has 5 N–H and O–H groups in total. The monoisotopic (exact) mass is 360 g/mol. The van der Waals surface area contributed by atoms with E-state index >= 15 is 0 Å². The van der Waals surface area contributed by atoms with Crippen molar-refractivity contribution in [3.8, 4) is 6.07 Å². The van der Waals surface area contributed by atoms with Crippen molar-refractivity contribution in [1.29, 1.82) is 5.26 Å². The largest absolute Gasteiger partial charge is 0.496 e. The molecule has 0 saturated carbocycles. The van der Waals surface area contributed by atoms with Crippen LogP contribution >= 0.6 is 0 Å². The number of nitrogens with zero attached hydrogens (tertiary/aromatic N) is 2. The highest BCUT2D eigenvalue weighted by atomic mass is 16.7. The van der Waals surface area contributed by atoms with Gasteiger partial charge in [0.05, 0.1) is 13.7 Å². The minimum absolute atomic E-state index is 0.331. The van der Waals surface area contributed by atoms with E-state index in [0.29, 0.717) is 0 Å². The molecule has 2 aliphatic heterocycles. The number of hydrogen-bond donors (Lipinski definition) is 5. The highest BCUT2D eigenvalue weighted by molar-refractivity contribution is 5.90. The summed E-state index contributed by atoms with van der Waals surface area (Å²) in [4.78, 5) is 12.6. The van der Waals surface area contributed by atoms with E-state index in [1.54, 1.807) is 6.07 Å². The molecule has 2 heterocycles. The Hall–Kier alpha value is -1.78. The summed E-state index contributed by atoms with van der Waals surface area (Å²) in [6, 6.07) is 1.69. The molecule has 0 radical (unpaired) electrons. The molecular formula is C14H20N2O9. The van der Waals surface area contributed by atoms with Crippen LogP contribution in [0.3, 0.4) is 0 Å². The lowest BCUT2D eigenvalue weighted by atomic mass is 9.94. The van der Waals surface area contributed by atoms with Gasteiger partial charge in [0.15, 0.2) is 18.3 Å². The maximum Gasteiger partial charge on any atom is 0.258 e. The molecule has 1 fully saturated rings. The topological polar surface area (TPSA) is 173 Å². The Bertz CT molecular complexity index is 589. The zero-order chi connectivity index (χ0) is 18.9. The number of ether oxygens (including phenoxy) is 3. The first kappa shape index (κ1) is 19.5. The highest BCUT2D eigenvalue weighted by Crippen LogP contribution is 2.35. The van der Waals surface area contributed by atoms with Crippen LogP contribution in [0.1, 0.15) is 0 Å². The summed E-state index contributed by atoms with van der Waals surface area (Å²) in [5.74, 6) is -0.977. The van der Waals surface area contributed by atoms with Gasteiger partial charge in [0.25, 0.3) is 11.5 Å². The maximum atomic E-state index is 11.8. The van der Waals surface area contributed by atoms with Crippen LogP contribution in [0.2, 0.25) is 0 Å². The average molecular weight is 360 g/mol.